The van der Waals surface area contributed by atoms with E-state index in [0.717, 1.165) is 11.1 Å². The number of carbonyl (C=O) groups excluding carboxylic acids is 1. The highest BCUT2D eigenvalue weighted by Crippen LogP contribution is 2.08. The normalized spacial score (nSPS) is 10.3. The maximum atomic E-state index is 12.0. The molecule has 1 amide bonds. The highest BCUT2D eigenvalue weighted by Gasteiger charge is 2.12. The summed E-state index contributed by atoms with van der Waals surface area (Å²) < 4.78 is 0. The molecule has 0 aliphatic rings. The Morgan fingerprint density at radius 1 is 1.33 bits per heavy atom. The molecule has 0 fully saturated rings. The summed E-state index contributed by atoms with van der Waals surface area (Å²) in [6.07, 6.45) is 3.12. The van der Waals surface area contributed by atoms with Gasteiger partial charge in [-0.15, -0.1) is 0 Å². The van der Waals surface area contributed by atoms with E-state index in [-0.39, 0.29) is 5.91 Å². The van der Waals surface area contributed by atoms with Crippen molar-refractivity contribution in [3.8, 4) is 0 Å². The van der Waals surface area contributed by atoms with Crippen LogP contribution in [0.15, 0.2) is 36.7 Å². The molecule has 2 rings (SSSR count). The van der Waals surface area contributed by atoms with Crippen LogP contribution >= 0.6 is 0 Å². The molecule has 0 unspecified atom stereocenters. The second kappa shape index (κ2) is 5.46. The van der Waals surface area contributed by atoms with E-state index in [9.17, 15) is 4.79 Å². The van der Waals surface area contributed by atoms with E-state index < -0.39 is 0 Å². The summed E-state index contributed by atoms with van der Waals surface area (Å²) >= 11 is 0. The number of aromatic amines is 1. The monoisotopic (exact) mass is 244 g/mol. The van der Waals surface area contributed by atoms with Crippen LogP contribution in [-0.4, -0.2) is 28.1 Å². The molecule has 2 aromatic rings. The molecule has 5 heteroatoms. The molecule has 0 saturated carbocycles. The number of benzene rings is 1. The zero-order valence-corrected chi connectivity index (χ0v) is 10.3. The fourth-order valence-corrected chi connectivity index (χ4v) is 1.71. The van der Waals surface area contributed by atoms with Crippen molar-refractivity contribution in [3.63, 3.8) is 0 Å². The van der Waals surface area contributed by atoms with E-state index >= 15 is 0 Å². The Labute approximate surface area is 106 Å². The first-order chi connectivity index (χ1) is 8.70. The van der Waals surface area contributed by atoms with Crippen LogP contribution in [0.4, 0.5) is 0 Å². The standard InChI is InChI=1S/C13H16N4O/c1-17(13(18)12-7-15-16-8-12)9-11-4-2-10(6-14)3-5-11/h2-5,7-8H,6,9,14H2,1H3,(H,15,16). The van der Waals surface area contributed by atoms with Crippen molar-refractivity contribution in [1.82, 2.24) is 15.1 Å². The lowest BCUT2D eigenvalue weighted by molar-refractivity contribution is 0.0785. The lowest BCUT2D eigenvalue weighted by atomic mass is 10.1. The van der Waals surface area contributed by atoms with Crippen LogP contribution in [0.3, 0.4) is 0 Å². The van der Waals surface area contributed by atoms with Crippen LogP contribution in [0, 0.1) is 0 Å². The topological polar surface area (TPSA) is 75.0 Å². The van der Waals surface area contributed by atoms with Gasteiger partial charge < -0.3 is 10.6 Å². The minimum atomic E-state index is -0.0494. The zero-order valence-electron chi connectivity index (χ0n) is 10.3. The number of hydrogen-bond donors (Lipinski definition) is 2. The first-order valence-corrected chi connectivity index (χ1v) is 5.73. The summed E-state index contributed by atoms with van der Waals surface area (Å²) in [7, 11) is 1.77. The van der Waals surface area contributed by atoms with Crippen LogP contribution in [0.25, 0.3) is 0 Å². The summed E-state index contributed by atoms with van der Waals surface area (Å²) in [5, 5.41) is 6.40. The number of nitrogens with two attached hydrogens (primary N) is 1. The Balaban J connectivity index is 2.02. The maximum absolute atomic E-state index is 12.0. The van der Waals surface area contributed by atoms with Crippen molar-refractivity contribution < 1.29 is 4.79 Å². The van der Waals surface area contributed by atoms with Crippen LogP contribution < -0.4 is 5.73 Å². The van der Waals surface area contributed by atoms with Gasteiger partial charge in [0.05, 0.1) is 11.8 Å². The van der Waals surface area contributed by atoms with Crippen molar-refractivity contribution >= 4 is 5.91 Å². The molecule has 0 radical (unpaired) electrons. The predicted octanol–water partition coefficient (Wildman–Crippen LogP) is 1.14. The van der Waals surface area contributed by atoms with Crippen molar-refractivity contribution in [2.24, 2.45) is 5.73 Å². The van der Waals surface area contributed by atoms with E-state index in [4.69, 9.17) is 5.73 Å². The lowest BCUT2D eigenvalue weighted by Crippen LogP contribution is -2.25. The van der Waals surface area contributed by atoms with Gasteiger partial charge in [0.15, 0.2) is 0 Å². The Morgan fingerprint density at radius 2 is 2.00 bits per heavy atom. The van der Waals surface area contributed by atoms with Gasteiger partial charge >= 0.3 is 0 Å². The SMILES string of the molecule is CN(Cc1ccc(CN)cc1)C(=O)c1cn[nH]c1. The van der Waals surface area contributed by atoms with Crippen molar-refractivity contribution in [3.05, 3.63) is 53.3 Å². The van der Waals surface area contributed by atoms with Crippen LogP contribution in [-0.2, 0) is 13.1 Å². The van der Waals surface area contributed by atoms with E-state index in [0.29, 0.717) is 18.7 Å². The number of rotatable bonds is 4. The smallest absolute Gasteiger partial charge is 0.257 e. The summed E-state index contributed by atoms with van der Waals surface area (Å²) in [4.78, 5) is 13.6. The minimum Gasteiger partial charge on any atom is -0.337 e. The third-order valence-electron chi connectivity index (χ3n) is 2.77. The third-order valence-corrected chi connectivity index (χ3v) is 2.77. The van der Waals surface area contributed by atoms with Gasteiger partial charge in [0.1, 0.15) is 0 Å². The van der Waals surface area contributed by atoms with Gasteiger partial charge in [-0.1, -0.05) is 24.3 Å². The Kier molecular flexibility index (Phi) is 3.74. The third kappa shape index (κ3) is 2.75. The van der Waals surface area contributed by atoms with Crippen molar-refractivity contribution in [2.45, 2.75) is 13.1 Å². The van der Waals surface area contributed by atoms with Gasteiger partial charge in [-0.25, -0.2) is 0 Å². The molecular weight excluding hydrogens is 228 g/mol. The second-order valence-electron chi connectivity index (χ2n) is 4.17. The Hall–Kier alpha value is -2.14. The summed E-state index contributed by atoms with van der Waals surface area (Å²) in [5.74, 6) is -0.0494. The zero-order chi connectivity index (χ0) is 13.0. The van der Waals surface area contributed by atoms with E-state index in [1.165, 1.54) is 6.20 Å². The minimum absolute atomic E-state index is 0.0494. The molecule has 94 valence electrons. The van der Waals surface area contributed by atoms with Gasteiger partial charge in [-0.05, 0) is 11.1 Å². The molecule has 3 N–H and O–H groups in total. The first kappa shape index (κ1) is 12.3. The fraction of sp³-hybridized carbons (Fsp3) is 0.231. The number of carbonyl (C=O) groups is 1. The Morgan fingerprint density at radius 3 is 2.56 bits per heavy atom. The van der Waals surface area contributed by atoms with Gasteiger partial charge in [0.25, 0.3) is 5.91 Å². The molecule has 1 heterocycles. The Bertz CT molecular complexity index is 504. The van der Waals surface area contributed by atoms with Crippen molar-refractivity contribution in [1.29, 1.82) is 0 Å². The van der Waals surface area contributed by atoms with Crippen LogP contribution in [0.2, 0.25) is 0 Å². The average molecular weight is 244 g/mol. The largest absolute Gasteiger partial charge is 0.337 e. The predicted molar refractivity (Wildman–Crippen MR) is 68.7 cm³/mol. The molecule has 5 nitrogen and oxygen atoms in total. The number of aromatic nitrogens is 2. The molecule has 0 atom stereocenters. The molecule has 18 heavy (non-hydrogen) atoms. The van der Waals surface area contributed by atoms with Crippen molar-refractivity contribution in [2.75, 3.05) is 7.05 Å². The van der Waals surface area contributed by atoms with E-state index in [1.54, 1.807) is 18.1 Å². The molecule has 0 spiro atoms. The van der Waals surface area contributed by atoms with Gasteiger partial charge in [0, 0.05) is 26.3 Å². The fourth-order valence-electron chi connectivity index (χ4n) is 1.71. The second-order valence-corrected chi connectivity index (χ2v) is 4.17. The summed E-state index contributed by atoms with van der Waals surface area (Å²) in [6.45, 7) is 1.10. The van der Waals surface area contributed by atoms with Gasteiger partial charge in [-0.3, -0.25) is 9.89 Å². The van der Waals surface area contributed by atoms with E-state index in [2.05, 4.69) is 10.2 Å². The van der Waals surface area contributed by atoms with Crippen LogP contribution in [0.1, 0.15) is 21.5 Å². The molecule has 1 aromatic carbocycles. The highest BCUT2D eigenvalue weighted by molar-refractivity contribution is 5.93. The van der Waals surface area contributed by atoms with E-state index in [1.807, 2.05) is 24.3 Å². The van der Waals surface area contributed by atoms with Gasteiger partial charge in [-0.2, -0.15) is 5.10 Å². The highest BCUT2D eigenvalue weighted by atomic mass is 16.2. The number of H-pyrrole nitrogens is 1. The number of nitrogens with one attached hydrogen (secondary N) is 1. The number of nitrogens with zero attached hydrogens (tertiary/aromatic N) is 2. The molecular formula is C13H16N4O. The van der Waals surface area contributed by atoms with Gasteiger partial charge in [0.2, 0.25) is 0 Å². The first-order valence-electron chi connectivity index (χ1n) is 5.73. The number of amides is 1. The lowest BCUT2D eigenvalue weighted by Gasteiger charge is -2.16. The summed E-state index contributed by atoms with van der Waals surface area (Å²) in [5.41, 5.74) is 8.27. The molecule has 0 saturated heterocycles. The van der Waals surface area contributed by atoms with Crippen LogP contribution in [0.5, 0.6) is 0 Å². The average Bonchev–Trinajstić information content (AvgIpc) is 2.92. The molecule has 1 aromatic heterocycles. The molecule has 0 aliphatic carbocycles. The quantitative estimate of drug-likeness (QED) is 0.847. The summed E-state index contributed by atoms with van der Waals surface area (Å²) in [6, 6.07) is 7.93. The maximum Gasteiger partial charge on any atom is 0.257 e. The molecule has 0 aliphatic heterocycles. The molecule has 0 bridgehead atoms. The number of hydrogen-bond acceptors (Lipinski definition) is 3.